The molecule has 1 saturated heterocycles. The molecular formula is C19H31NO3. The highest BCUT2D eigenvalue weighted by atomic mass is 16.5. The molecule has 23 heavy (non-hydrogen) atoms. The van der Waals surface area contributed by atoms with Gasteiger partial charge in [-0.15, -0.1) is 0 Å². The lowest BCUT2D eigenvalue weighted by atomic mass is 10.0. The van der Waals surface area contributed by atoms with E-state index in [9.17, 15) is 4.79 Å². The van der Waals surface area contributed by atoms with E-state index in [1.54, 1.807) is 7.11 Å². The third-order valence-electron chi connectivity index (χ3n) is 3.75. The quantitative estimate of drug-likeness (QED) is 0.781. The van der Waals surface area contributed by atoms with Gasteiger partial charge in [0.05, 0.1) is 6.04 Å². The summed E-state index contributed by atoms with van der Waals surface area (Å²) in [5.74, 6) is 1.24. The number of carbonyl (C=O) groups is 1. The minimum Gasteiger partial charge on any atom is -0.489 e. The number of unbranched alkanes of at least 4 members (excludes halogenated alkanes) is 1. The van der Waals surface area contributed by atoms with Crippen LogP contribution in [0.4, 0.5) is 0 Å². The van der Waals surface area contributed by atoms with Crippen molar-refractivity contribution in [2.24, 2.45) is 5.92 Å². The Hall–Kier alpha value is -1.39. The van der Waals surface area contributed by atoms with Gasteiger partial charge in [0.2, 0.25) is 0 Å². The van der Waals surface area contributed by atoms with E-state index in [1.165, 1.54) is 12.8 Å². The van der Waals surface area contributed by atoms with Crippen LogP contribution in [0, 0.1) is 5.92 Å². The van der Waals surface area contributed by atoms with Crippen molar-refractivity contribution < 1.29 is 14.3 Å². The summed E-state index contributed by atoms with van der Waals surface area (Å²) in [5, 5.41) is 3.23. The number of carbonyl (C=O) groups excluding carboxylic acids is 1. The molecule has 1 aliphatic heterocycles. The van der Waals surface area contributed by atoms with Crippen molar-refractivity contribution in [1.29, 1.82) is 0 Å². The molecule has 1 fully saturated rings. The zero-order chi connectivity index (χ0) is 17.1. The summed E-state index contributed by atoms with van der Waals surface area (Å²) in [6.07, 6.45) is 3.29. The maximum atomic E-state index is 11.8. The number of benzene rings is 1. The number of para-hydroxylation sites is 1. The number of Topliss-reactive ketones (excluding diaryl/α,β-unsaturated/α-hetero) is 1. The number of methoxy groups -OCH3 is 1. The molecule has 1 N–H and O–H groups in total. The van der Waals surface area contributed by atoms with Gasteiger partial charge in [0, 0.05) is 32.6 Å². The van der Waals surface area contributed by atoms with Gasteiger partial charge in [0.1, 0.15) is 11.9 Å². The molecule has 130 valence electrons. The van der Waals surface area contributed by atoms with Crippen LogP contribution in [0.15, 0.2) is 30.3 Å². The molecule has 1 aromatic rings. The van der Waals surface area contributed by atoms with E-state index in [-0.39, 0.29) is 23.8 Å². The predicted octanol–water partition coefficient (Wildman–Crippen LogP) is 3.45. The molecule has 2 unspecified atom stereocenters. The Balaban J connectivity index is 0.000000379. The van der Waals surface area contributed by atoms with Crippen LogP contribution >= 0.6 is 0 Å². The zero-order valence-corrected chi connectivity index (χ0v) is 14.9. The number of nitrogens with one attached hydrogen (secondary N) is 1. The summed E-state index contributed by atoms with van der Waals surface area (Å²) in [7, 11) is 1.73. The van der Waals surface area contributed by atoms with Crippen LogP contribution in [-0.4, -0.2) is 38.2 Å². The molecule has 0 radical (unpaired) electrons. The first kappa shape index (κ1) is 19.7. The summed E-state index contributed by atoms with van der Waals surface area (Å²) < 4.78 is 10.6. The molecule has 1 heterocycles. The lowest BCUT2D eigenvalue weighted by molar-refractivity contribution is -0.123. The molecule has 0 spiro atoms. The average molecular weight is 321 g/mol. The van der Waals surface area contributed by atoms with Crippen molar-refractivity contribution in [3.05, 3.63) is 30.3 Å². The highest BCUT2D eigenvalue weighted by molar-refractivity contribution is 5.86. The van der Waals surface area contributed by atoms with Crippen molar-refractivity contribution >= 4 is 5.78 Å². The number of rotatable bonds is 7. The largest absolute Gasteiger partial charge is 0.489 e. The Bertz CT molecular complexity index is 430. The molecule has 0 aromatic heterocycles. The molecule has 2 atom stereocenters. The van der Waals surface area contributed by atoms with Crippen LogP contribution in [0.2, 0.25) is 0 Å². The van der Waals surface area contributed by atoms with E-state index >= 15 is 0 Å². The van der Waals surface area contributed by atoms with Gasteiger partial charge in [0.25, 0.3) is 0 Å². The van der Waals surface area contributed by atoms with Gasteiger partial charge in [-0.1, -0.05) is 45.4 Å². The Morgan fingerprint density at radius 3 is 2.52 bits per heavy atom. The van der Waals surface area contributed by atoms with Crippen LogP contribution in [0.5, 0.6) is 5.75 Å². The number of ether oxygens (including phenoxy) is 2. The van der Waals surface area contributed by atoms with Crippen molar-refractivity contribution in [1.82, 2.24) is 5.32 Å². The van der Waals surface area contributed by atoms with Gasteiger partial charge in [-0.05, 0) is 18.6 Å². The maximum absolute atomic E-state index is 11.8. The topological polar surface area (TPSA) is 47.6 Å². The minimum atomic E-state index is -0.0382. The van der Waals surface area contributed by atoms with E-state index in [0.717, 1.165) is 25.3 Å². The Morgan fingerprint density at radius 1 is 1.30 bits per heavy atom. The van der Waals surface area contributed by atoms with Crippen molar-refractivity contribution in [3.8, 4) is 5.75 Å². The lowest BCUT2D eigenvalue weighted by Gasteiger charge is -2.13. The summed E-state index contributed by atoms with van der Waals surface area (Å²) in [4.78, 5) is 11.8. The molecule has 1 aromatic carbocycles. The summed E-state index contributed by atoms with van der Waals surface area (Å²) in [6, 6.07) is 9.71. The van der Waals surface area contributed by atoms with Crippen LogP contribution in [-0.2, 0) is 9.53 Å². The highest BCUT2D eigenvalue weighted by Gasteiger charge is 2.31. The van der Waals surface area contributed by atoms with Crippen LogP contribution in [0.3, 0.4) is 0 Å². The Kier molecular flexibility index (Phi) is 9.57. The Labute approximate surface area is 140 Å². The average Bonchev–Trinajstić information content (AvgIpc) is 3.02. The lowest BCUT2D eigenvalue weighted by Crippen LogP contribution is -2.33. The second-order valence-electron chi connectivity index (χ2n) is 6.15. The fraction of sp³-hybridized carbons (Fsp3) is 0.632. The zero-order valence-electron chi connectivity index (χ0n) is 14.9. The minimum absolute atomic E-state index is 0.0382. The van der Waals surface area contributed by atoms with E-state index in [4.69, 9.17) is 9.47 Å². The second kappa shape index (κ2) is 11.2. The van der Waals surface area contributed by atoms with Crippen molar-refractivity contribution in [2.75, 3.05) is 20.3 Å². The first-order valence-electron chi connectivity index (χ1n) is 8.56. The third kappa shape index (κ3) is 7.62. The molecular weight excluding hydrogens is 290 g/mol. The van der Waals surface area contributed by atoms with E-state index in [1.807, 2.05) is 44.2 Å². The molecule has 4 heteroatoms. The number of hydrogen-bond acceptors (Lipinski definition) is 4. The van der Waals surface area contributed by atoms with Gasteiger partial charge in [-0.25, -0.2) is 0 Å². The molecule has 0 saturated carbocycles. The van der Waals surface area contributed by atoms with Gasteiger partial charge in [-0.2, -0.15) is 0 Å². The molecule has 0 aliphatic carbocycles. The third-order valence-corrected chi connectivity index (χ3v) is 3.75. The first-order valence-corrected chi connectivity index (χ1v) is 8.56. The second-order valence-corrected chi connectivity index (χ2v) is 6.15. The van der Waals surface area contributed by atoms with Crippen molar-refractivity contribution in [2.45, 2.75) is 52.2 Å². The van der Waals surface area contributed by atoms with Crippen LogP contribution in [0.1, 0.15) is 40.0 Å². The normalized spacial score (nSPS) is 20.0. The SMILES string of the molecule is CC(C)C(=O)C1CC(Oc2ccccc2)CN1.CCCCOC. The first-order chi connectivity index (χ1) is 11.1. The predicted molar refractivity (Wildman–Crippen MR) is 93.9 cm³/mol. The smallest absolute Gasteiger partial charge is 0.152 e. The summed E-state index contributed by atoms with van der Waals surface area (Å²) in [5.41, 5.74) is 0. The van der Waals surface area contributed by atoms with Gasteiger partial charge in [0.15, 0.2) is 5.78 Å². The maximum Gasteiger partial charge on any atom is 0.152 e. The monoisotopic (exact) mass is 321 g/mol. The fourth-order valence-electron chi connectivity index (χ4n) is 2.39. The number of ketones is 1. The molecule has 2 rings (SSSR count). The van der Waals surface area contributed by atoms with Crippen LogP contribution in [0.25, 0.3) is 0 Å². The van der Waals surface area contributed by atoms with E-state index in [2.05, 4.69) is 12.2 Å². The van der Waals surface area contributed by atoms with Gasteiger partial charge in [-0.3, -0.25) is 4.79 Å². The molecule has 0 bridgehead atoms. The van der Waals surface area contributed by atoms with Crippen molar-refractivity contribution in [3.63, 3.8) is 0 Å². The highest BCUT2D eigenvalue weighted by Crippen LogP contribution is 2.18. The van der Waals surface area contributed by atoms with E-state index in [0.29, 0.717) is 0 Å². The molecule has 0 amide bonds. The Morgan fingerprint density at radius 2 is 2.00 bits per heavy atom. The standard InChI is InChI=1S/C14H19NO2.C5H12O/c1-10(2)14(16)13-8-12(9-15-13)17-11-6-4-3-5-7-11;1-3-4-5-6-2/h3-7,10,12-13,15H,8-9H2,1-2H3;3-5H2,1-2H3. The summed E-state index contributed by atoms with van der Waals surface area (Å²) in [6.45, 7) is 7.69. The van der Waals surface area contributed by atoms with Crippen LogP contribution < -0.4 is 10.1 Å². The van der Waals surface area contributed by atoms with E-state index < -0.39 is 0 Å². The summed E-state index contributed by atoms with van der Waals surface area (Å²) >= 11 is 0. The van der Waals surface area contributed by atoms with Gasteiger partial charge < -0.3 is 14.8 Å². The number of hydrogen-bond donors (Lipinski definition) is 1. The molecule has 1 aliphatic rings. The fourth-order valence-corrected chi connectivity index (χ4v) is 2.39. The molecule has 4 nitrogen and oxygen atoms in total. The van der Waals surface area contributed by atoms with Gasteiger partial charge >= 0.3 is 0 Å².